The maximum atomic E-state index is 9.14. The van der Waals surface area contributed by atoms with Crippen molar-refractivity contribution in [1.29, 1.82) is 5.26 Å². The summed E-state index contributed by atoms with van der Waals surface area (Å²) in [5, 5.41) is 18.2. The number of rotatable bonds is 4. The summed E-state index contributed by atoms with van der Waals surface area (Å²) in [6, 6.07) is 9.43. The molecule has 3 aromatic rings. The van der Waals surface area contributed by atoms with E-state index in [1.165, 1.54) is 6.20 Å². The number of aromatic nitrogens is 2. The van der Waals surface area contributed by atoms with E-state index >= 15 is 0 Å². The van der Waals surface area contributed by atoms with E-state index in [9.17, 15) is 0 Å². The summed E-state index contributed by atoms with van der Waals surface area (Å²) in [7, 11) is 1.90. The molecule has 3 rings (SSSR count). The minimum atomic E-state index is 0.0845. The Kier molecular flexibility index (Phi) is 3.73. The van der Waals surface area contributed by atoms with Crippen LogP contribution in [0.3, 0.4) is 0 Å². The van der Waals surface area contributed by atoms with Crippen molar-refractivity contribution in [3.8, 4) is 17.5 Å². The highest BCUT2D eigenvalue weighted by Gasteiger charge is 2.13. The zero-order chi connectivity index (χ0) is 15.5. The largest absolute Gasteiger partial charge is 0.436 e. The lowest BCUT2D eigenvalue weighted by atomic mass is 10.1. The first-order valence-corrected chi connectivity index (χ1v) is 6.80. The molecule has 2 aromatic heterocycles. The quantitative estimate of drug-likeness (QED) is 0.793. The molecule has 0 saturated carbocycles. The Morgan fingerprint density at radius 3 is 3.00 bits per heavy atom. The number of aliphatic hydroxyl groups is 1. The molecule has 0 amide bonds. The van der Waals surface area contributed by atoms with Crippen molar-refractivity contribution in [1.82, 2.24) is 9.97 Å². The summed E-state index contributed by atoms with van der Waals surface area (Å²) >= 11 is 0. The van der Waals surface area contributed by atoms with Crippen molar-refractivity contribution < 1.29 is 9.52 Å². The molecule has 0 aliphatic heterocycles. The van der Waals surface area contributed by atoms with Gasteiger partial charge in [0.25, 0.3) is 0 Å². The van der Waals surface area contributed by atoms with Gasteiger partial charge in [-0.05, 0) is 24.3 Å². The molecule has 0 bridgehead atoms. The van der Waals surface area contributed by atoms with Crippen molar-refractivity contribution in [2.45, 2.75) is 0 Å². The number of anilines is 1. The molecule has 0 unspecified atom stereocenters. The van der Waals surface area contributed by atoms with E-state index in [2.05, 4.69) is 16.0 Å². The van der Waals surface area contributed by atoms with E-state index in [1.807, 2.05) is 30.1 Å². The average Bonchev–Trinajstić information content (AvgIpc) is 2.97. The fraction of sp³-hybridized carbons (Fsp3) is 0.188. The minimum absolute atomic E-state index is 0.0845. The second-order valence-corrected chi connectivity index (χ2v) is 4.85. The number of hydrogen-bond donors (Lipinski definition) is 1. The molecule has 0 aliphatic carbocycles. The lowest BCUT2D eigenvalue weighted by Crippen LogP contribution is -2.20. The standard InChI is InChI=1S/C16H14N4O2/c1-20(6-7-21)12-2-3-15-14(8-12)19-16(22-15)13-4-5-18-10-11(13)9-17/h2-5,8,10,21H,6-7H2,1H3. The smallest absolute Gasteiger partial charge is 0.228 e. The zero-order valence-corrected chi connectivity index (χ0v) is 12.0. The van der Waals surface area contributed by atoms with Gasteiger partial charge in [0.1, 0.15) is 11.6 Å². The third-order valence-corrected chi connectivity index (χ3v) is 3.42. The monoisotopic (exact) mass is 294 g/mol. The molecule has 0 aliphatic rings. The fourth-order valence-corrected chi connectivity index (χ4v) is 2.22. The first kappa shape index (κ1) is 14.0. The predicted molar refractivity (Wildman–Crippen MR) is 82.3 cm³/mol. The van der Waals surface area contributed by atoms with Crippen LogP contribution in [0.1, 0.15) is 5.56 Å². The van der Waals surface area contributed by atoms with Crippen LogP contribution in [-0.2, 0) is 0 Å². The molecule has 0 radical (unpaired) electrons. The Bertz CT molecular complexity index is 851. The van der Waals surface area contributed by atoms with Crippen molar-refractivity contribution >= 4 is 16.8 Å². The SMILES string of the molecule is CN(CCO)c1ccc2oc(-c3ccncc3C#N)nc2c1. The Morgan fingerprint density at radius 1 is 1.36 bits per heavy atom. The predicted octanol–water partition coefficient (Wildman–Crippen LogP) is 2.19. The molecular formula is C16H14N4O2. The number of likely N-dealkylation sites (N-methyl/N-ethyl adjacent to an activating group) is 1. The highest BCUT2D eigenvalue weighted by molar-refractivity contribution is 5.81. The van der Waals surface area contributed by atoms with E-state index in [0.717, 1.165) is 5.69 Å². The number of pyridine rings is 1. The van der Waals surface area contributed by atoms with Gasteiger partial charge in [-0.15, -0.1) is 0 Å². The van der Waals surface area contributed by atoms with Gasteiger partial charge >= 0.3 is 0 Å². The molecule has 0 saturated heterocycles. The van der Waals surface area contributed by atoms with Crippen LogP contribution in [0.4, 0.5) is 5.69 Å². The molecule has 0 fully saturated rings. The topological polar surface area (TPSA) is 86.2 Å². The van der Waals surface area contributed by atoms with Gasteiger partial charge in [-0.1, -0.05) is 0 Å². The number of hydrogen-bond acceptors (Lipinski definition) is 6. The number of aliphatic hydroxyl groups excluding tert-OH is 1. The maximum absolute atomic E-state index is 9.14. The van der Waals surface area contributed by atoms with Gasteiger partial charge in [-0.3, -0.25) is 4.98 Å². The van der Waals surface area contributed by atoms with Gasteiger partial charge in [0.05, 0.1) is 17.7 Å². The van der Waals surface area contributed by atoms with Crippen LogP contribution in [0, 0.1) is 11.3 Å². The molecule has 0 spiro atoms. The van der Waals surface area contributed by atoms with E-state index < -0.39 is 0 Å². The van der Waals surface area contributed by atoms with Crippen LogP contribution in [0.2, 0.25) is 0 Å². The van der Waals surface area contributed by atoms with Crippen molar-refractivity contribution in [3.05, 3.63) is 42.2 Å². The van der Waals surface area contributed by atoms with Crippen molar-refractivity contribution in [2.75, 3.05) is 25.1 Å². The molecular weight excluding hydrogens is 280 g/mol. The highest BCUT2D eigenvalue weighted by Crippen LogP contribution is 2.28. The summed E-state index contributed by atoms with van der Waals surface area (Å²) in [5.41, 5.74) is 3.34. The zero-order valence-electron chi connectivity index (χ0n) is 12.0. The third-order valence-electron chi connectivity index (χ3n) is 3.42. The summed E-state index contributed by atoms with van der Waals surface area (Å²) < 4.78 is 5.73. The fourth-order valence-electron chi connectivity index (χ4n) is 2.22. The van der Waals surface area contributed by atoms with E-state index in [1.54, 1.807) is 12.3 Å². The van der Waals surface area contributed by atoms with Gasteiger partial charge in [-0.2, -0.15) is 5.26 Å². The normalized spacial score (nSPS) is 10.6. The van der Waals surface area contributed by atoms with Crippen LogP contribution < -0.4 is 4.90 Å². The second kappa shape index (κ2) is 5.84. The molecule has 1 aromatic carbocycles. The number of oxazole rings is 1. The second-order valence-electron chi connectivity index (χ2n) is 4.85. The summed E-state index contributed by atoms with van der Waals surface area (Å²) in [6.07, 6.45) is 3.09. The molecule has 6 heteroatoms. The summed E-state index contributed by atoms with van der Waals surface area (Å²) in [5.74, 6) is 0.399. The van der Waals surface area contributed by atoms with Crippen molar-refractivity contribution in [3.63, 3.8) is 0 Å². The molecule has 110 valence electrons. The first-order chi connectivity index (χ1) is 10.7. The van der Waals surface area contributed by atoms with Crippen LogP contribution in [0.25, 0.3) is 22.6 Å². The number of nitriles is 1. The number of fused-ring (bicyclic) bond motifs is 1. The number of benzene rings is 1. The lowest BCUT2D eigenvalue weighted by molar-refractivity contribution is 0.304. The van der Waals surface area contributed by atoms with E-state index in [-0.39, 0.29) is 6.61 Å². The Labute approximate surface area is 127 Å². The first-order valence-electron chi connectivity index (χ1n) is 6.80. The van der Waals surface area contributed by atoms with Gasteiger partial charge in [0, 0.05) is 31.7 Å². The lowest BCUT2D eigenvalue weighted by Gasteiger charge is -2.17. The molecule has 22 heavy (non-hydrogen) atoms. The molecule has 2 heterocycles. The molecule has 6 nitrogen and oxygen atoms in total. The average molecular weight is 294 g/mol. The molecule has 0 atom stereocenters. The molecule has 1 N–H and O–H groups in total. The van der Waals surface area contributed by atoms with E-state index in [0.29, 0.717) is 34.7 Å². The van der Waals surface area contributed by atoms with Crippen molar-refractivity contribution in [2.24, 2.45) is 0 Å². The third kappa shape index (κ3) is 2.50. The van der Waals surface area contributed by atoms with Crippen LogP contribution in [0.5, 0.6) is 0 Å². The van der Waals surface area contributed by atoms with Crippen LogP contribution >= 0.6 is 0 Å². The number of nitrogens with zero attached hydrogens (tertiary/aromatic N) is 4. The van der Waals surface area contributed by atoms with Gasteiger partial charge < -0.3 is 14.4 Å². The Balaban J connectivity index is 2.05. The Hall–Kier alpha value is -2.91. The Morgan fingerprint density at radius 2 is 2.23 bits per heavy atom. The summed E-state index contributed by atoms with van der Waals surface area (Å²) in [4.78, 5) is 10.3. The highest BCUT2D eigenvalue weighted by atomic mass is 16.3. The van der Waals surface area contributed by atoms with Gasteiger partial charge in [-0.25, -0.2) is 4.98 Å². The van der Waals surface area contributed by atoms with Crippen LogP contribution in [0.15, 0.2) is 41.1 Å². The van der Waals surface area contributed by atoms with Gasteiger partial charge in [0.2, 0.25) is 5.89 Å². The van der Waals surface area contributed by atoms with Gasteiger partial charge in [0.15, 0.2) is 5.58 Å². The minimum Gasteiger partial charge on any atom is -0.436 e. The van der Waals surface area contributed by atoms with Crippen LogP contribution in [-0.4, -0.2) is 35.3 Å². The van der Waals surface area contributed by atoms with E-state index in [4.69, 9.17) is 14.8 Å². The summed E-state index contributed by atoms with van der Waals surface area (Å²) in [6.45, 7) is 0.625. The maximum Gasteiger partial charge on any atom is 0.228 e.